The number of hydrogen-bond acceptors (Lipinski definition) is 5. The normalized spacial score (nSPS) is 15.5. The Balaban J connectivity index is 1.71. The van der Waals surface area contributed by atoms with Crippen molar-refractivity contribution in [2.45, 2.75) is 6.54 Å². The van der Waals surface area contributed by atoms with E-state index in [1.165, 1.54) is 0 Å². The van der Waals surface area contributed by atoms with Gasteiger partial charge in [0, 0.05) is 19.6 Å². The summed E-state index contributed by atoms with van der Waals surface area (Å²) in [6.45, 7) is 2.04. The molecular formula is C17H17N3O3. The number of para-hydroxylation sites is 1. The first kappa shape index (κ1) is 14.9. The van der Waals surface area contributed by atoms with E-state index >= 15 is 0 Å². The number of nitro groups is 1. The van der Waals surface area contributed by atoms with Crippen LogP contribution in [-0.4, -0.2) is 22.9 Å². The molecule has 0 spiro atoms. The van der Waals surface area contributed by atoms with E-state index in [4.69, 9.17) is 4.74 Å². The van der Waals surface area contributed by atoms with Crippen LogP contribution in [0.15, 0.2) is 66.6 Å². The van der Waals surface area contributed by atoms with Gasteiger partial charge in [-0.2, -0.15) is 0 Å². The molecule has 0 saturated carbocycles. The maximum absolute atomic E-state index is 10.7. The minimum Gasteiger partial charge on any atom is -0.457 e. The van der Waals surface area contributed by atoms with Crippen LogP contribution < -0.4 is 10.1 Å². The first-order valence-electron chi connectivity index (χ1n) is 7.37. The molecule has 6 heteroatoms. The quantitative estimate of drug-likeness (QED) is 0.679. The molecule has 1 heterocycles. The predicted molar refractivity (Wildman–Crippen MR) is 86.4 cm³/mol. The smallest absolute Gasteiger partial charge is 0.274 e. The summed E-state index contributed by atoms with van der Waals surface area (Å²) < 4.78 is 5.82. The molecule has 1 aliphatic heterocycles. The fourth-order valence-electron chi connectivity index (χ4n) is 2.49. The molecule has 1 fully saturated rings. The van der Waals surface area contributed by atoms with Crippen molar-refractivity contribution in [3.63, 3.8) is 0 Å². The zero-order valence-corrected chi connectivity index (χ0v) is 12.5. The van der Waals surface area contributed by atoms with E-state index in [1.54, 1.807) is 0 Å². The molecule has 0 aromatic heterocycles. The minimum atomic E-state index is -0.435. The van der Waals surface area contributed by atoms with Crippen LogP contribution in [0, 0.1) is 10.1 Å². The second-order valence-corrected chi connectivity index (χ2v) is 5.21. The van der Waals surface area contributed by atoms with E-state index in [0.29, 0.717) is 18.9 Å². The maximum atomic E-state index is 10.7. The number of rotatable bonds is 5. The van der Waals surface area contributed by atoms with Gasteiger partial charge in [-0.05, 0) is 29.8 Å². The lowest BCUT2D eigenvalue weighted by atomic mass is 10.2. The van der Waals surface area contributed by atoms with Gasteiger partial charge in [0.1, 0.15) is 11.5 Å². The first-order valence-corrected chi connectivity index (χ1v) is 7.37. The Kier molecular flexibility index (Phi) is 4.42. The highest BCUT2D eigenvalue weighted by atomic mass is 16.6. The van der Waals surface area contributed by atoms with E-state index in [2.05, 4.69) is 5.32 Å². The van der Waals surface area contributed by atoms with Crippen LogP contribution in [0.5, 0.6) is 11.5 Å². The molecule has 23 heavy (non-hydrogen) atoms. The van der Waals surface area contributed by atoms with Crippen molar-refractivity contribution in [3.05, 3.63) is 82.3 Å². The second-order valence-electron chi connectivity index (χ2n) is 5.21. The molecule has 1 aliphatic rings. The average Bonchev–Trinajstić information content (AvgIpc) is 2.95. The lowest BCUT2D eigenvalue weighted by Gasteiger charge is -2.17. The van der Waals surface area contributed by atoms with Crippen LogP contribution in [0.3, 0.4) is 0 Å². The molecule has 1 N–H and O–H groups in total. The predicted octanol–water partition coefficient (Wildman–Crippen LogP) is 2.96. The summed E-state index contributed by atoms with van der Waals surface area (Å²) in [7, 11) is 0. The van der Waals surface area contributed by atoms with Gasteiger partial charge in [-0.3, -0.25) is 10.1 Å². The van der Waals surface area contributed by atoms with Crippen molar-refractivity contribution >= 4 is 0 Å². The Labute approximate surface area is 134 Å². The molecule has 2 aromatic rings. The molecule has 0 amide bonds. The van der Waals surface area contributed by atoms with E-state index in [-0.39, 0.29) is 0 Å². The van der Waals surface area contributed by atoms with E-state index in [9.17, 15) is 10.1 Å². The van der Waals surface area contributed by atoms with Crippen molar-refractivity contribution in [2.24, 2.45) is 0 Å². The fraction of sp³-hybridized carbons (Fsp3) is 0.176. The number of ether oxygens (including phenoxy) is 1. The van der Waals surface area contributed by atoms with Gasteiger partial charge in [0.25, 0.3) is 6.20 Å². The van der Waals surface area contributed by atoms with E-state index in [1.807, 2.05) is 59.5 Å². The number of nitrogens with one attached hydrogen (secondary N) is 1. The summed E-state index contributed by atoms with van der Waals surface area (Å²) >= 11 is 0. The summed E-state index contributed by atoms with van der Waals surface area (Å²) in [4.78, 5) is 12.2. The molecule has 118 valence electrons. The van der Waals surface area contributed by atoms with Crippen LogP contribution >= 0.6 is 0 Å². The van der Waals surface area contributed by atoms with Crippen LogP contribution in [0.25, 0.3) is 0 Å². The summed E-state index contributed by atoms with van der Waals surface area (Å²) in [5.74, 6) is 2.08. The average molecular weight is 311 g/mol. The zero-order valence-electron chi connectivity index (χ0n) is 12.5. The standard InChI is InChI=1S/C17H17N3O3/c21-20(22)13-17-18-9-10-19(17)12-14-5-4-8-16(11-14)23-15-6-2-1-3-7-15/h1-8,11,13,18H,9-10,12H2/b17-13-. The van der Waals surface area contributed by atoms with Gasteiger partial charge < -0.3 is 15.0 Å². The minimum absolute atomic E-state index is 0.435. The lowest BCUT2D eigenvalue weighted by Crippen LogP contribution is -2.20. The summed E-state index contributed by atoms with van der Waals surface area (Å²) in [6, 6.07) is 17.3. The van der Waals surface area contributed by atoms with Crippen molar-refractivity contribution in [1.29, 1.82) is 0 Å². The van der Waals surface area contributed by atoms with Gasteiger partial charge in [0.2, 0.25) is 0 Å². The van der Waals surface area contributed by atoms with Crippen molar-refractivity contribution in [3.8, 4) is 11.5 Å². The molecule has 6 nitrogen and oxygen atoms in total. The Morgan fingerprint density at radius 1 is 1.17 bits per heavy atom. The molecule has 2 aromatic carbocycles. The van der Waals surface area contributed by atoms with E-state index in [0.717, 1.165) is 29.8 Å². The third-order valence-corrected chi connectivity index (χ3v) is 3.51. The maximum Gasteiger partial charge on any atom is 0.274 e. The third-order valence-electron chi connectivity index (χ3n) is 3.51. The highest BCUT2D eigenvalue weighted by molar-refractivity contribution is 5.34. The van der Waals surface area contributed by atoms with Gasteiger partial charge in [0.15, 0.2) is 5.82 Å². The van der Waals surface area contributed by atoms with Gasteiger partial charge in [-0.25, -0.2) is 0 Å². The highest BCUT2D eigenvalue weighted by Crippen LogP contribution is 2.23. The zero-order chi connectivity index (χ0) is 16.1. The molecule has 0 unspecified atom stereocenters. The Hall–Kier alpha value is -3.02. The van der Waals surface area contributed by atoms with Gasteiger partial charge in [-0.15, -0.1) is 0 Å². The van der Waals surface area contributed by atoms with Crippen LogP contribution in [0.4, 0.5) is 0 Å². The van der Waals surface area contributed by atoms with E-state index < -0.39 is 4.92 Å². The highest BCUT2D eigenvalue weighted by Gasteiger charge is 2.19. The topological polar surface area (TPSA) is 67.6 Å². The largest absolute Gasteiger partial charge is 0.457 e. The van der Waals surface area contributed by atoms with Gasteiger partial charge >= 0.3 is 0 Å². The van der Waals surface area contributed by atoms with Crippen molar-refractivity contribution in [2.75, 3.05) is 13.1 Å². The van der Waals surface area contributed by atoms with Gasteiger partial charge in [0.05, 0.1) is 4.92 Å². The fourth-order valence-corrected chi connectivity index (χ4v) is 2.49. The summed E-state index contributed by atoms with van der Waals surface area (Å²) in [5.41, 5.74) is 1.04. The van der Waals surface area contributed by atoms with Crippen molar-refractivity contribution in [1.82, 2.24) is 10.2 Å². The number of benzene rings is 2. The number of hydrogen-bond donors (Lipinski definition) is 1. The summed E-state index contributed by atoms with van der Waals surface area (Å²) in [5, 5.41) is 13.7. The molecule has 0 aliphatic carbocycles. The van der Waals surface area contributed by atoms with Crippen LogP contribution in [-0.2, 0) is 6.54 Å². The van der Waals surface area contributed by atoms with Crippen LogP contribution in [0.1, 0.15) is 5.56 Å². The molecular weight excluding hydrogens is 294 g/mol. The molecule has 1 saturated heterocycles. The monoisotopic (exact) mass is 311 g/mol. The lowest BCUT2D eigenvalue weighted by molar-refractivity contribution is -0.404. The Bertz CT molecular complexity index is 716. The second kappa shape index (κ2) is 6.83. The van der Waals surface area contributed by atoms with Crippen molar-refractivity contribution < 1.29 is 9.66 Å². The Morgan fingerprint density at radius 2 is 1.96 bits per heavy atom. The molecule has 3 rings (SSSR count). The number of nitrogens with zero attached hydrogens (tertiary/aromatic N) is 2. The SMILES string of the molecule is O=[N+]([O-])/C=C1/NCCN1Cc1cccc(Oc2ccccc2)c1. The first-order chi connectivity index (χ1) is 11.2. The third kappa shape index (κ3) is 4.00. The molecule has 0 atom stereocenters. The van der Waals surface area contributed by atoms with Gasteiger partial charge in [-0.1, -0.05) is 30.3 Å². The Morgan fingerprint density at radius 3 is 2.74 bits per heavy atom. The van der Waals surface area contributed by atoms with Crippen LogP contribution in [0.2, 0.25) is 0 Å². The summed E-state index contributed by atoms with van der Waals surface area (Å²) in [6.07, 6.45) is 1.01. The molecule has 0 bridgehead atoms. The molecule has 0 radical (unpaired) electrons.